The van der Waals surface area contributed by atoms with Crippen LogP contribution < -0.4 is 0 Å². The smallest absolute Gasteiger partial charge is 0.305 e. The van der Waals surface area contributed by atoms with Crippen LogP contribution in [0.1, 0.15) is 52.9 Å². The van der Waals surface area contributed by atoms with Gasteiger partial charge in [0.05, 0.1) is 13.2 Å². The van der Waals surface area contributed by atoms with Gasteiger partial charge in [0.1, 0.15) is 6.10 Å². The normalized spacial score (nSPS) is 11.6. The second kappa shape index (κ2) is 11.3. The van der Waals surface area contributed by atoms with Gasteiger partial charge >= 0.3 is 17.9 Å². The molecular weight excluding hydrogens is 264 g/mol. The van der Waals surface area contributed by atoms with Crippen molar-refractivity contribution < 1.29 is 28.6 Å². The number of carbonyl (C=O) groups is 3. The third-order valence-corrected chi connectivity index (χ3v) is 2.54. The summed E-state index contributed by atoms with van der Waals surface area (Å²) in [7, 11) is 0. The lowest BCUT2D eigenvalue weighted by Gasteiger charge is -2.16. The molecule has 0 saturated carbocycles. The Hall–Kier alpha value is -1.59. The molecule has 0 unspecified atom stereocenters. The Morgan fingerprint density at radius 3 is 2.20 bits per heavy atom. The Labute approximate surface area is 119 Å². The lowest BCUT2D eigenvalue weighted by atomic mass is 10.1. The van der Waals surface area contributed by atoms with Crippen molar-refractivity contribution in [1.29, 1.82) is 0 Å². The van der Waals surface area contributed by atoms with E-state index in [0.29, 0.717) is 32.3 Å². The lowest BCUT2D eigenvalue weighted by molar-refractivity contribution is -0.149. The van der Waals surface area contributed by atoms with Crippen LogP contribution in [-0.2, 0) is 28.6 Å². The summed E-state index contributed by atoms with van der Waals surface area (Å²) in [5, 5.41) is 0. The highest BCUT2D eigenvalue weighted by Crippen LogP contribution is 2.11. The first-order valence-corrected chi connectivity index (χ1v) is 6.91. The molecule has 6 nitrogen and oxygen atoms in total. The lowest BCUT2D eigenvalue weighted by Crippen LogP contribution is -2.19. The van der Waals surface area contributed by atoms with Gasteiger partial charge in [0.15, 0.2) is 0 Å². The molecule has 0 aliphatic carbocycles. The van der Waals surface area contributed by atoms with Crippen molar-refractivity contribution in [2.45, 2.75) is 59.0 Å². The van der Waals surface area contributed by atoms with Crippen LogP contribution in [0.5, 0.6) is 0 Å². The van der Waals surface area contributed by atoms with Crippen LogP contribution in [0.15, 0.2) is 0 Å². The van der Waals surface area contributed by atoms with E-state index >= 15 is 0 Å². The maximum atomic E-state index is 11.1. The molecule has 0 heterocycles. The molecule has 0 aromatic carbocycles. The van der Waals surface area contributed by atoms with Gasteiger partial charge in [-0.15, -0.1) is 0 Å². The molecule has 0 bridgehead atoms. The second-order valence-electron chi connectivity index (χ2n) is 4.41. The molecular formula is C14H24O6. The van der Waals surface area contributed by atoms with E-state index in [-0.39, 0.29) is 30.6 Å². The van der Waals surface area contributed by atoms with E-state index < -0.39 is 0 Å². The number of hydrogen-bond donors (Lipinski definition) is 0. The van der Waals surface area contributed by atoms with Crippen LogP contribution in [0.2, 0.25) is 0 Å². The van der Waals surface area contributed by atoms with E-state index in [1.54, 1.807) is 6.92 Å². The van der Waals surface area contributed by atoms with Gasteiger partial charge in [-0.3, -0.25) is 14.4 Å². The van der Waals surface area contributed by atoms with E-state index in [1.807, 2.05) is 0 Å². The van der Waals surface area contributed by atoms with Crippen LogP contribution in [0.4, 0.5) is 0 Å². The van der Waals surface area contributed by atoms with Gasteiger partial charge in [-0.05, 0) is 26.2 Å². The molecule has 20 heavy (non-hydrogen) atoms. The molecule has 0 aliphatic rings. The van der Waals surface area contributed by atoms with E-state index in [4.69, 9.17) is 14.2 Å². The minimum atomic E-state index is -0.358. The highest BCUT2D eigenvalue weighted by atomic mass is 16.6. The molecule has 0 fully saturated rings. The fourth-order valence-corrected chi connectivity index (χ4v) is 1.71. The Bertz CT molecular complexity index is 313. The van der Waals surface area contributed by atoms with E-state index in [0.717, 1.165) is 6.42 Å². The molecule has 0 saturated heterocycles. The van der Waals surface area contributed by atoms with Crippen LogP contribution in [-0.4, -0.2) is 37.2 Å². The van der Waals surface area contributed by atoms with Gasteiger partial charge in [-0.25, -0.2) is 0 Å². The number of rotatable bonds is 10. The number of ether oxygens (including phenoxy) is 3. The van der Waals surface area contributed by atoms with Crippen molar-refractivity contribution in [3.63, 3.8) is 0 Å². The Morgan fingerprint density at radius 1 is 0.950 bits per heavy atom. The molecule has 0 rings (SSSR count). The molecule has 0 radical (unpaired) electrons. The van der Waals surface area contributed by atoms with Gasteiger partial charge < -0.3 is 14.2 Å². The number of esters is 3. The van der Waals surface area contributed by atoms with Crippen molar-refractivity contribution in [1.82, 2.24) is 0 Å². The average Bonchev–Trinajstić information content (AvgIpc) is 2.33. The monoisotopic (exact) mass is 288 g/mol. The Morgan fingerprint density at radius 2 is 1.65 bits per heavy atom. The summed E-state index contributed by atoms with van der Waals surface area (Å²) in [4.78, 5) is 32.8. The highest BCUT2D eigenvalue weighted by molar-refractivity contribution is 5.69. The Kier molecular flexibility index (Phi) is 10.4. The van der Waals surface area contributed by atoms with Crippen LogP contribution in [0.25, 0.3) is 0 Å². The first-order chi connectivity index (χ1) is 9.45. The summed E-state index contributed by atoms with van der Waals surface area (Å²) in [5.74, 6) is -0.923. The van der Waals surface area contributed by atoms with Crippen molar-refractivity contribution >= 4 is 17.9 Å². The summed E-state index contributed by atoms with van der Waals surface area (Å²) in [5.41, 5.74) is 0. The molecule has 0 aliphatic heterocycles. The molecule has 0 aromatic heterocycles. The maximum Gasteiger partial charge on any atom is 0.305 e. The largest absolute Gasteiger partial charge is 0.466 e. The first kappa shape index (κ1) is 18.4. The highest BCUT2D eigenvalue weighted by Gasteiger charge is 2.13. The fraction of sp³-hybridized carbons (Fsp3) is 0.786. The van der Waals surface area contributed by atoms with E-state index in [1.165, 1.54) is 13.8 Å². The molecule has 0 amide bonds. The zero-order valence-corrected chi connectivity index (χ0v) is 12.5. The molecule has 6 heteroatoms. The molecule has 1 atom stereocenters. The van der Waals surface area contributed by atoms with Crippen molar-refractivity contribution in [2.75, 3.05) is 13.2 Å². The molecule has 0 aromatic rings. The third kappa shape index (κ3) is 11.5. The van der Waals surface area contributed by atoms with Crippen molar-refractivity contribution in [3.8, 4) is 0 Å². The minimum absolute atomic E-state index is 0.212. The van der Waals surface area contributed by atoms with Gasteiger partial charge in [-0.1, -0.05) is 0 Å². The molecule has 116 valence electrons. The topological polar surface area (TPSA) is 78.9 Å². The van der Waals surface area contributed by atoms with Crippen LogP contribution >= 0.6 is 0 Å². The number of hydrogen-bond acceptors (Lipinski definition) is 6. The van der Waals surface area contributed by atoms with Gasteiger partial charge in [0, 0.05) is 26.7 Å². The predicted molar refractivity (Wildman–Crippen MR) is 71.9 cm³/mol. The zero-order chi connectivity index (χ0) is 15.4. The summed E-state index contributed by atoms with van der Waals surface area (Å²) >= 11 is 0. The summed E-state index contributed by atoms with van der Waals surface area (Å²) < 4.78 is 14.8. The van der Waals surface area contributed by atoms with Crippen LogP contribution in [0, 0.1) is 0 Å². The van der Waals surface area contributed by atoms with Crippen molar-refractivity contribution in [2.24, 2.45) is 0 Å². The maximum absolute atomic E-state index is 11.1. The summed E-state index contributed by atoms with van der Waals surface area (Å²) in [6, 6.07) is 0. The summed E-state index contributed by atoms with van der Waals surface area (Å²) in [6.45, 7) is 5.06. The van der Waals surface area contributed by atoms with E-state index in [2.05, 4.69) is 0 Å². The van der Waals surface area contributed by atoms with Gasteiger partial charge in [0.25, 0.3) is 0 Å². The zero-order valence-electron chi connectivity index (χ0n) is 12.5. The minimum Gasteiger partial charge on any atom is -0.466 e. The fourth-order valence-electron chi connectivity index (χ4n) is 1.71. The molecule has 0 N–H and O–H groups in total. The Balaban J connectivity index is 3.88. The number of unbranched alkanes of at least 4 members (excludes halogenated alkanes) is 1. The standard InChI is InChI=1S/C14H24O6/c1-4-18-14(17)8-6-5-7-13(20-12(3)16)9-10-19-11(2)15/h13H,4-10H2,1-3H3/t13-/m1/s1. The van der Waals surface area contributed by atoms with Gasteiger partial charge in [-0.2, -0.15) is 0 Å². The van der Waals surface area contributed by atoms with Crippen LogP contribution in [0.3, 0.4) is 0 Å². The number of carbonyl (C=O) groups excluding carboxylic acids is 3. The predicted octanol–water partition coefficient (Wildman–Crippen LogP) is 1.99. The SMILES string of the molecule is CCOC(=O)CCCC[C@H](CCOC(C)=O)OC(C)=O. The first-order valence-electron chi connectivity index (χ1n) is 6.91. The second-order valence-corrected chi connectivity index (χ2v) is 4.41. The van der Waals surface area contributed by atoms with Crippen molar-refractivity contribution in [3.05, 3.63) is 0 Å². The van der Waals surface area contributed by atoms with Gasteiger partial charge in [0.2, 0.25) is 0 Å². The van der Waals surface area contributed by atoms with E-state index in [9.17, 15) is 14.4 Å². The average molecular weight is 288 g/mol. The molecule has 0 spiro atoms. The third-order valence-electron chi connectivity index (χ3n) is 2.54. The summed E-state index contributed by atoms with van der Waals surface area (Å²) in [6.07, 6.45) is 2.62. The quantitative estimate of drug-likeness (QED) is 0.347.